The molecule has 0 unspecified atom stereocenters. The number of carbonyl (C=O) groups is 1. The first kappa shape index (κ1) is 13.0. The fourth-order valence-electron chi connectivity index (χ4n) is 1.63. The number of benzene rings is 1. The van der Waals surface area contributed by atoms with Crippen molar-refractivity contribution in [3.8, 4) is 0 Å². The second kappa shape index (κ2) is 6.54. The van der Waals surface area contributed by atoms with Crippen molar-refractivity contribution < 1.29 is 4.79 Å². The summed E-state index contributed by atoms with van der Waals surface area (Å²) in [5.41, 5.74) is 1.05. The number of amides is 1. The fourth-order valence-corrected chi connectivity index (χ4v) is 1.82. The van der Waals surface area contributed by atoms with Gasteiger partial charge in [-0.05, 0) is 19.4 Å². The molecule has 1 amide bonds. The normalized spacial score (nSPS) is 10.5. The molecular formula is C13H18ClNO. The van der Waals surface area contributed by atoms with Crippen LogP contribution in [0.1, 0.15) is 19.4 Å². The maximum absolute atomic E-state index is 12.0. The van der Waals surface area contributed by atoms with Crippen molar-refractivity contribution in [2.24, 2.45) is 0 Å². The van der Waals surface area contributed by atoms with Crippen LogP contribution in [0.3, 0.4) is 0 Å². The van der Waals surface area contributed by atoms with Gasteiger partial charge in [0.05, 0.1) is 6.42 Å². The monoisotopic (exact) mass is 239 g/mol. The van der Waals surface area contributed by atoms with E-state index in [0.717, 1.165) is 5.56 Å². The Kier molecular flexibility index (Phi) is 5.33. The van der Waals surface area contributed by atoms with Crippen molar-refractivity contribution in [2.45, 2.75) is 26.3 Å². The Labute approximate surface area is 102 Å². The zero-order chi connectivity index (χ0) is 12.0. The predicted octanol–water partition coefficient (Wildman–Crippen LogP) is 2.70. The molecule has 0 aromatic heterocycles. The van der Waals surface area contributed by atoms with E-state index < -0.39 is 0 Å². The van der Waals surface area contributed by atoms with Gasteiger partial charge in [-0.3, -0.25) is 4.79 Å². The summed E-state index contributed by atoms with van der Waals surface area (Å²) in [6.07, 6.45) is 0.454. The summed E-state index contributed by atoms with van der Waals surface area (Å²) in [5.74, 6) is 0.625. The fraction of sp³-hybridized carbons (Fsp3) is 0.462. The Morgan fingerprint density at radius 2 is 1.94 bits per heavy atom. The lowest BCUT2D eigenvalue weighted by Gasteiger charge is -2.26. The molecule has 88 valence electrons. The number of nitrogens with zero attached hydrogens (tertiary/aromatic N) is 1. The lowest BCUT2D eigenvalue weighted by Crippen LogP contribution is -2.39. The van der Waals surface area contributed by atoms with E-state index in [2.05, 4.69) is 0 Å². The van der Waals surface area contributed by atoms with Crippen LogP contribution in [0.5, 0.6) is 0 Å². The van der Waals surface area contributed by atoms with E-state index in [4.69, 9.17) is 11.6 Å². The van der Waals surface area contributed by atoms with Crippen LogP contribution in [0, 0.1) is 0 Å². The molecule has 3 heteroatoms. The van der Waals surface area contributed by atoms with Crippen molar-refractivity contribution in [1.29, 1.82) is 0 Å². The molecule has 1 aromatic rings. The third kappa shape index (κ3) is 3.86. The molecule has 0 atom stereocenters. The molecule has 1 aromatic carbocycles. The highest BCUT2D eigenvalue weighted by Gasteiger charge is 2.16. The van der Waals surface area contributed by atoms with Gasteiger partial charge in [0, 0.05) is 18.5 Å². The molecule has 0 aliphatic heterocycles. The van der Waals surface area contributed by atoms with Gasteiger partial charge in [0.2, 0.25) is 5.91 Å². The van der Waals surface area contributed by atoms with Crippen molar-refractivity contribution in [3.63, 3.8) is 0 Å². The second-order valence-corrected chi connectivity index (χ2v) is 4.41. The minimum absolute atomic E-state index is 0.141. The summed E-state index contributed by atoms with van der Waals surface area (Å²) in [6.45, 7) is 4.63. The largest absolute Gasteiger partial charge is 0.339 e. The number of hydrogen-bond donors (Lipinski definition) is 0. The van der Waals surface area contributed by atoms with Crippen molar-refractivity contribution >= 4 is 17.5 Å². The maximum atomic E-state index is 12.0. The van der Waals surface area contributed by atoms with Crippen LogP contribution < -0.4 is 0 Å². The summed E-state index contributed by atoms with van der Waals surface area (Å²) >= 11 is 5.69. The first-order chi connectivity index (χ1) is 7.65. The molecule has 16 heavy (non-hydrogen) atoms. The first-order valence-corrected chi connectivity index (χ1v) is 6.08. The van der Waals surface area contributed by atoms with Gasteiger partial charge >= 0.3 is 0 Å². The van der Waals surface area contributed by atoms with Gasteiger partial charge in [0.15, 0.2) is 0 Å². The molecule has 0 fully saturated rings. The average molecular weight is 240 g/mol. The van der Waals surface area contributed by atoms with Crippen LogP contribution in [0.25, 0.3) is 0 Å². The summed E-state index contributed by atoms with van der Waals surface area (Å²) in [4.78, 5) is 13.8. The molecule has 0 spiro atoms. The molecule has 1 rings (SSSR count). The highest BCUT2D eigenvalue weighted by atomic mass is 35.5. The minimum Gasteiger partial charge on any atom is -0.339 e. The van der Waals surface area contributed by atoms with Crippen LogP contribution in [-0.4, -0.2) is 29.3 Å². The van der Waals surface area contributed by atoms with Crippen LogP contribution in [0.15, 0.2) is 30.3 Å². The third-order valence-corrected chi connectivity index (χ3v) is 2.64. The molecule has 0 bridgehead atoms. The van der Waals surface area contributed by atoms with E-state index in [-0.39, 0.29) is 11.9 Å². The SMILES string of the molecule is CC(C)N(CCCl)C(=O)Cc1ccccc1. The van der Waals surface area contributed by atoms with Gasteiger partial charge in [-0.15, -0.1) is 11.6 Å². The molecule has 0 saturated carbocycles. The molecule has 0 heterocycles. The molecule has 0 radical (unpaired) electrons. The topological polar surface area (TPSA) is 20.3 Å². The van der Waals surface area contributed by atoms with Crippen LogP contribution in [0.4, 0.5) is 0 Å². The summed E-state index contributed by atoms with van der Waals surface area (Å²) < 4.78 is 0. The summed E-state index contributed by atoms with van der Waals surface area (Å²) in [6, 6.07) is 9.99. The van der Waals surface area contributed by atoms with E-state index in [0.29, 0.717) is 18.8 Å². The maximum Gasteiger partial charge on any atom is 0.227 e. The Hall–Kier alpha value is -1.02. The second-order valence-electron chi connectivity index (χ2n) is 4.03. The molecule has 0 saturated heterocycles. The number of alkyl halides is 1. The van der Waals surface area contributed by atoms with E-state index in [1.54, 1.807) is 0 Å². The Morgan fingerprint density at radius 3 is 2.44 bits per heavy atom. The predicted molar refractivity (Wildman–Crippen MR) is 67.7 cm³/mol. The smallest absolute Gasteiger partial charge is 0.227 e. The number of hydrogen-bond acceptors (Lipinski definition) is 1. The Morgan fingerprint density at radius 1 is 1.31 bits per heavy atom. The third-order valence-electron chi connectivity index (χ3n) is 2.47. The lowest BCUT2D eigenvalue weighted by atomic mass is 10.1. The van der Waals surface area contributed by atoms with Crippen molar-refractivity contribution in [3.05, 3.63) is 35.9 Å². The van der Waals surface area contributed by atoms with Gasteiger partial charge in [-0.2, -0.15) is 0 Å². The first-order valence-electron chi connectivity index (χ1n) is 5.54. The lowest BCUT2D eigenvalue weighted by molar-refractivity contribution is -0.131. The number of rotatable bonds is 5. The summed E-state index contributed by atoms with van der Waals surface area (Å²) in [7, 11) is 0. The standard InChI is InChI=1S/C13H18ClNO/c1-11(2)15(9-8-14)13(16)10-12-6-4-3-5-7-12/h3-7,11H,8-10H2,1-2H3. The van der Waals surface area contributed by atoms with Gasteiger partial charge in [-0.1, -0.05) is 30.3 Å². The highest BCUT2D eigenvalue weighted by Crippen LogP contribution is 2.06. The zero-order valence-electron chi connectivity index (χ0n) is 9.82. The molecule has 0 N–H and O–H groups in total. The number of carbonyl (C=O) groups excluding carboxylic acids is 1. The van der Waals surface area contributed by atoms with Crippen LogP contribution in [0.2, 0.25) is 0 Å². The van der Waals surface area contributed by atoms with Gasteiger partial charge < -0.3 is 4.90 Å². The van der Waals surface area contributed by atoms with Crippen molar-refractivity contribution in [1.82, 2.24) is 4.90 Å². The molecule has 0 aliphatic rings. The van der Waals surface area contributed by atoms with E-state index >= 15 is 0 Å². The van der Waals surface area contributed by atoms with Gasteiger partial charge in [0.25, 0.3) is 0 Å². The minimum atomic E-state index is 0.141. The van der Waals surface area contributed by atoms with Crippen LogP contribution >= 0.6 is 11.6 Å². The molecule has 2 nitrogen and oxygen atoms in total. The van der Waals surface area contributed by atoms with Gasteiger partial charge in [-0.25, -0.2) is 0 Å². The molecular weight excluding hydrogens is 222 g/mol. The van der Waals surface area contributed by atoms with E-state index in [1.807, 2.05) is 49.1 Å². The Bertz CT molecular complexity index is 324. The van der Waals surface area contributed by atoms with Crippen LogP contribution in [-0.2, 0) is 11.2 Å². The van der Waals surface area contributed by atoms with Gasteiger partial charge in [0.1, 0.15) is 0 Å². The average Bonchev–Trinajstić information content (AvgIpc) is 2.26. The van der Waals surface area contributed by atoms with Crippen molar-refractivity contribution in [2.75, 3.05) is 12.4 Å². The zero-order valence-corrected chi connectivity index (χ0v) is 10.6. The quantitative estimate of drug-likeness (QED) is 0.724. The summed E-state index contributed by atoms with van der Waals surface area (Å²) in [5, 5.41) is 0. The van der Waals surface area contributed by atoms with E-state index in [1.165, 1.54) is 0 Å². The highest BCUT2D eigenvalue weighted by molar-refractivity contribution is 6.18. The van der Waals surface area contributed by atoms with E-state index in [9.17, 15) is 4.79 Å². The number of halogens is 1. The molecule has 0 aliphatic carbocycles. The Balaban J connectivity index is 2.62.